The van der Waals surface area contributed by atoms with Gasteiger partial charge in [-0.25, -0.2) is 8.42 Å². The average Bonchev–Trinajstić information content (AvgIpc) is 2.85. The van der Waals surface area contributed by atoms with E-state index in [-0.39, 0.29) is 11.3 Å². The largest absolute Gasteiger partial charge is 0.480 e. The van der Waals surface area contributed by atoms with E-state index in [0.717, 1.165) is 30.4 Å². The first-order chi connectivity index (χ1) is 9.44. The molecule has 0 radical (unpaired) electrons. The SMILES string of the molecule is O=C(O)[C@H](CCO)NS(=O)(=O)c1ccc2c(c1)CCC2. The quantitative estimate of drug-likeness (QED) is 0.700. The molecular formula is C13H17NO5S. The number of carboxylic acids is 1. The van der Waals surface area contributed by atoms with E-state index < -0.39 is 28.6 Å². The van der Waals surface area contributed by atoms with Crippen molar-refractivity contribution in [3.63, 3.8) is 0 Å². The Morgan fingerprint density at radius 1 is 1.30 bits per heavy atom. The number of aryl methyl sites for hydroxylation is 2. The summed E-state index contributed by atoms with van der Waals surface area (Å²) in [5, 5.41) is 17.7. The summed E-state index contributed by atoms with van der Waals surface area (Å²) in [6.07, 6.45) is 2.64. The van der Waals surface area contributed by atoms with Crippen LogP contribution >= 0.6 is 0 Å². The highest BCUT2D eigenvalue weighted by Crippen LogP contribution is 2.24. The molecule has 0 bridgehead atoms. The average molecular weight is 299 g/mol. The molecule has 0 aromatic heterocycles. The zero-order valence-corrected chi connectivity index (χ0v) is 11.7. The predicted molar refractivity (Wildman–Crippen MR) is 71.9 cm³/mol. The van der Waals surface area contributed by atoms with Gasteiger partial charge < -0.3 is 10.2 Å². The molecule has 7 heteroatoms. The minimum absolute atomic E-state index is 0.0716. The number of sulfonamides is 1. The predicted octanol–water partition coefficient (Wildman–Crippen LogP) is 0.289. The second-order valence-corrected chi connectivity index (χ2v) is 6.52. The molecule has 0 unspecified atom stereocenters. The summed E-state index contributed by atoms with van der Waals surface area (Å²) in [5.41, 5.74) is 2.15. The summed E-state index contributed by atoms with van der Waals surface area (Å²) >= 11 is 0. The van der Waals surface area contributed by atoms with Crippen LogP contribution in [0.5, 0.6) is 0 Å². The van der Waals surface area contributed by atoms with Crippen LogP contribution in [0.15, 0.2) is 23.1 Å². The van der Waals surface area contributed by atoms with Crippen molar-refractivity contribution in [1.29, 1.82) is 0 Å². The van der Waals surface area contributed by atoms with Crippen LogP contribution in [-0.4, -0.2) is 37.2 Å². The Hall–Kier alpha value is -1.44. The molecule has 20 heavy (non-hydrogen) atoms. The van der Waals surface area contributed by atoms with Gasteiger partial charge in [-0.2, -0.15) is 4.72 Å². The van der Waals surface area contributed by atoms with Crippen LogP contribution in [0.2, 0.25) is 0 Å². The number of aliphatic carboxylic acids is 1. The van der Waals surface area contributed by atoms with E-state index in [2.05, 4.69) is 4.72 Å². The van der Waals surface area contributed by atoms with Crippen molar-refractivity contribution in [2.75, 3.05) is 6.61 Å². The van der Waals surface area contributed by atoms with Crippen molar-refractivity contribution in [2.45, 2.75) is 36.6 Å². The van der Waals surface area contributed by atoms with Gasteiger partial charge in [0.15, 0.2) is 0 Å². The molecule has 2 rings (SSSR count). The minimum atomic E-state index is -3.89. The molecule has 1 aromatic carbocycles. The minimum Gasteiger partial charge on any atom is -0.480 e. The highest BCUT2D eigenvalue weighted by atomic mass is 32.2. The molecule has 0 spiro atoms. The molecule has 3 N–H and O–H groups in total. The lowest BCUT2D eigenvalue weighted by Crippen LogP contribution is -2.41. The van der Waals surface area contributed by atoms with Crippen LogP contribution in [0.25, 0.3) is 0 Å². The molecule has 1 atom stereocenters. The highest BCUT2D eigenvalue weighted by Gasteiger charge is 2.25. The molecule has 0 saturated carbocycles. The number of aliphatic hydroxyl groups excluding tert-OH is 1. The van der Waals surface area contributed by atoms with Crippen molar-refractivity contribution in [3.05, 3.63) is 29.3 Å². The van der Waals surface area contributed by atoms with Crippen LogP contribution in [0.3, 0.4) is 0 Å². The second-order valence-electron chi connectivity index (χ2n) is 4.81. The fraction of sp³-hybridized carbons (Fsp3) is 0.462. The molecule has 1 aliphatic carbocycles. The number of nitrogens with one attached hydrogen (secondary N) is 1. The zero-order chi connectivity index (χ0) is 14.8. The summed E-state index contributed by atoms with van der Waals surface area (Å²) in [7, 11) is -3.89. The lowest BCUT2D eigenvalue weighted by molar-refractivity contribution is -0.139. The van der Waals surface area contributed by atoms with E-state index in [1.165, 1.54) is 6.07 Å². The van der Waals surface area contributed by atoms with Crippen LogP contribution in [-0.2, 0) is 27.7 Å². The van der Waals surface area contributed by atoms with E-state index in [0.29, 0.717) is 0 Å². The Morgan fingerprint density at radius 3 is 2.65 bits per heavy atom. The topological polar surface area (TPSA) is 104 Å². The number of carbonyl (C=O) groups is 1. The Bertz CT molecular complexity index is 611. The van der Waals surface area contributed by atoms with Crippen LogP contribution in [0.1, 0.15) is 24.0 Å². The highest BCUT2D eigenvalue weighted by molar-refractivity contribution is 7.89. The second kappa shape index (κ2) is 5.90. The number of benzene rings is 1. The summed E-state index contributed by atoms with van der Waals surface area (Å²) in [5.74, 6) is -1.30. The third-order valence-corrected chi connectivity index (χ3v) is 4.86. The van der Waals surface area contributed by atoms with Crippen molar-refractivity contribution in [1.82, 2.24) is 4.72 Å². The molecule has 0 aliphatic heterocycles. The fourth-order valence-electron chi connectivity index (χ4n) is 2.33. The number of hydrogen-bond acceptors (Lipinski definition) is 4. The van der Waals surface area contributed by atoms with Crippen molar-refractivity contribution in [2.24, 2.45) is 0 Å². The van der Waals surface area contributed by atoms with Gasteiger partial charge in [-0.1, -0.05) is 6.07 Å². The monoisotopic (exact) mass is 299 g/mol. The Kier molecular flexibility index (Phi) is 4.42. The zero-order valence-electron chi connectivity index (χ0n) is 10.9. The van der Waals surface area contributed by atoms with E-state index in [4.69, 9.17) is 10.2 Å². The van der Waals surface area contributed by atoms with E-state index >= 15 is 0 Å². The first-order valence-corrected chi connectivity index (χ1v) is 7.90. The van der Waals surface area contributed by atoms with Gasteiger partial charge in [-0.15, -0.1) is 0 Å². The molecule has 6 nitrogen and oxygen atoms in total. The number of fused-ring (bicyclic) bond motifs is 1. The first kappa shape index (κ1) is 15.0. The molecule has 110 valence electrons. The number of aliphatic hydroxyl groups is 1. The Morgan fingerprint density at radius 2 is 2.00 bits per heavy atom. The van der Waals surface area contributed by atoms with Crippen molar-refractivity contribution >= 4 is 16.0 Å². The summed E-state index contributed by atoms with van der Waals surface area (Å²) in [6.45, 7) is -0.399. The molecule has 0 heterocycles. The van der Waals surface area contributed by atoms with Gasteiger partial charge in [-0.3, -0.25) is 4.79 Å². The maximum atomic E-state index is 12.2. The molecule has 0 amide bonds. The fourth-order valence-corrected chi connectivity index (χ4v) is 3.61. The summed E-state index contributed by atoms with van der Waals surface area (Å²) < 4.78 is 26.4. The number of rotatable bonds is 6. The van der Waals surface area contributed by atoms with E-state index in [1.54, 1.807) is 12.1 Å². The van der Waals surface area contributed by atoms with E-state index in [9.17, 15) is 13.2 Å². The smallest absolute Gasteiger partial charge is 0.321 e. The third kappa shape index (κ3) is 3.17. The molecular weight excluding hydrogens is 282 g/mol. The first-order valence-electron chi connectivity index (χ1n) is 6.42. The van der Waals surface area contributed by atoms with Crippen LogP contribution < -0.4 is 4.72 Å². The van der Waals surface area contributed by atoms with Crippen molar-refractivity contribution in [3.8, 4) is 0 Å². The van der Waals surface area contributed by atoms with Gasteiger partial charge >= 0.3 is 5.97 Å². The maximum absolute atomic E-state index is 12.2. The molecule has 0 fully saturated rings. The molecule has 1 aromatic rings. The van der Waals surface area contributed by atoms with Gasteiger partial charge in [0.1, 0.15) is 6.04 Å². The van der Waals surface area contributed by atoms with Crippen LogP contribution in [0.4, 0.5) is 0 Å². The normalized spacial score (nSPS) is 15.8. The molecule has 1 aliphatic rings. The van der Waals surface area contributed by atoms with Crippen LogP contribution in [0, 0.1) is 0 Å². The van der Waals surface area contributed by atoms with Gasteiger partial charge in [0.25, 0.3) is 0 Å². The lowest BCUT2D eigenvalue weighted by atomic mass is 10.1. The van der Waals surface area contributed by atoms with Gasteiger partial charge in [0.05, 0.1) is 4.90 Å². The number of carboxylic acid groups (broad SMARTS) is 1. The maximum Gasteiger partial charge on any atom is 0.321 e. The van der Waals surface area contributed by atoms with Gasteiger partial charge in [-0.05, 0) is 48.9 Å². The lowest BCUT2D eigenvalue weighted by Gasteiger charge is -2.14. The van der Waals surface area contributed by atoms with Crippen molar-refractivity contribution < 1.29 is 23.4 Å². The third-order valence-electron chi connectivity index (χ3n) is 3.39. The van der Waals surface area contributed by atoms with Gasteiger partial charge in [0.2, 0.25) is 10.0 Å². The standard InChI is InChI=1S/C13H17NO5S/c15-7-6-12(13(16)17)14-20(18,19)11-5-4-9-2-1-3-10(9)8-11/h4-5,8,12,14-15H,1-3,6-7H2,(H,16,17)/t12-/m0/s1. The molecule has 0 saturated heterocycles. The van der Waals surface area contributed by atoms with Gasteiger partial charge in [0, 0.05) is 6.61 Å². The Balaban J connectivity index is 2.23. The summed E-state index contributed by atoms with van der Waals surface area (Å²) in [6, 6.07) is 3.55. The Labute approximate surface area is 117 Å². The number of hydrogen-bond donors (Lipinski definition) is 3. The van der Waals surface area contributed by atoms with E-state index in [1.807, 2.05) is 0 Å². The summed E-state index contributed by atoms with van der Waals surface area (Å²) in [4.78, 5) is 11.0.